The molecule has 1 fully saturated rings. The quantitative estimate of drug-likeness (QED) is 0.185. The molecule has 4 aromatic rings. The van der Waals surface area contributed by atoms with Gasteiger partial charge >= 0.3 is 0 Å². The molecular formula is C37H49N7O2. The number of amides is 1. The van der Waals surface area contributed by atoms with Crippen LogP contribution in [0, 0.1) is 5.41 Å². The van der Waals surface area contributed by atoms with Crippen molar-refractivity contribution in [3.63, 3.8) is 0 Å². The third kappa shape index (κ3) is 6.33. The zero-order chi connectivity index (χ0) is 32.3. The summed E-state index contributed by atoms with van der Waals surface area (Å²) < 4.78 is 4.33. The lowest BCUT2D eigenvalue weighted by Crippen LogP contribution is -2.54. The van der Waals surface area contributed by atoms with Gasteiger partial charge in [0.15, 0.2) is 0 Å². The molecule has 46 heavy (non-hydrogen) atoms. The van der Waals surface area contributed by atoms with E-state index in [1.807, 2.05) is 22.9 Å². The summed E-state index contributed by atoms with van der Waals surface area (Å²) in [4.78, 5) is 28.5. The molecule has 9 heteroatoms. The Kier molecular flexibility index (Phi) is 9.29. The highest BCUT2D eigenvalue weighted by atomic mass is 16.2. The van der Waals surface area contributed by atoms with Crippen molar-refractivity contribution in [1.82, 2.24) is 35.3 Å². The van der Waals surface area contributed by atoms with Crippen molar-refractivity contribution in [2.24, 2.45) is 5.41 Å². The maximum absolute atomic E-state index is 14.3. The van der Waals surface area contributed by atoms with E-state index in [1.165, 1.54) is 6.42 Å². The fourth-order valence-electron chi connectivity index (χ4n) is 7.85. The number of unbranched alkanes of at least 4 members (excludes halogenated alkanes) is 2. The molecule has 1 saturated carbocycles. The van der Waals surface area contributed by atoms with Crippen molar-refractivity contribution in [2.45, 2.75) is 123 Å². The van der Waals surface area contributed by atoms with Crippen LogP contribution < -0.4 is 10.9 Å². The Morgan fingerprint density at radius 2 is 1.74 bits per heavy atom. The average molecular weight is 624 g/mol. The van der Waals surface area contributed by atoms with Gasteiger partial charge in [-0.1, -0.05) is 87.6 Å². The van der Waals surface area contributed by atoms with E-state index < -0.39 is 5.41 Å². The molecule has 1 unspecified atom stereocenters. The third-order valence-corrected chi connectivity index (χ3v) is 10.0. The van der Waals surface area contributed by atoms with E-state index in [4.69, 9.17) is 0 Å². The molecule has 9 nitrogen and oxygen atoms in total. The van der Waals surface area contributed by atoms with Gasteiger partial charge in [0.1, 0.15) is 0 Å². The average Bonchev–Trinajstić information content (AvgIpc) is 3.69. The number of fused-ring (bicyclic) bond motifs is 1. The van der Waals surface area contributed by atoms with Gasteiger partial charge < -0.3 is 5.32 Å². The first-order valence-electron chi connectivity index (χ1n) is 17.3. The van der Waals surface area contributed by atoms with Crippen molar-refractivity contribution < 1.29 is 4.79 Å². The minimum absolute atomic E-state index is 0.00834. The van der Waals surface area contributed by atoms with Crippen LogP contribution in [0.4, 0.5) is 0 Å². The summed E-state index contributed by atoms with van der Waals surface area (Å²) >= 11 is 0. The molecule has 1 aliphatic carbocycles. The lowest BCUT2D eigenvalue weighted by atomic mass is 9.66. The zero-order valence-electron chi connectivity index (χ0n) is 27.9. The molecule has 6 rings (SSSR count). The van der Waals surface area contributed by atoms with Gasteiger partial charge in [0, 0.05) is 35.3 Å². The van der Waals surface area contributed by atoms with Crippen LogP contribution in [0.2, 0.25) is 0 Å². The highest BCUT2D eigenvalue weighted by Crippen LogP contribution is 2.49. The minimum atomic E-state index is -0.496. The number of aromatic amines is 1. The maximum Gasteiger partial charge on any atom is 0.270 e. The maximum atomic E-state index is 14.3. The Morgan fingerprint density at radius 1 is 1.00 bits per heavy atom. The van der Waals surface area contributed by atoms with Crippen molar-refractivity contribution in [2.75, 3.05) is 0 Å². The standard InChI is InChI=1S/C37H49N7O2/c1-5-6-8-16-31-30(25-26-18-20-27(21-19-26)28-14-9-10-15-29(28)33-39-41-42-40-33)34(45)43-24-13-17-32(44(31)43)37(22-11-7-12-23-37)35(46)38-36(2,3)4/h9-10,14-15,18-21,32H,5-8,11-13,16-17,22-25H2,1-4H3,(H,38,46)(H,39,40,41,42). The molecule has 3 heterocycles. The van der Waals surface area contributed by atoms with Gasteiger partial charge in [-0.2, -0.15) is 5.21 Å². The van der Waals surface area contributed by atoms with E-state index in [9.17, 15) is 9.59 Å². The smallest absolute Gasteiger partial charge is 0.270 e. The molecule has 2 N–H and O–H groups in total. The van der Waals surface area contributed by atoms with Gasteiger partial charge in [0.2, 0.25) is 11.7 Å². The van der Waals surface area contributed by atoms with Crippen LogP contribution in [0.3, 0.4) is 0 Å². The van der Waals surface area contributed by atoms with E-state index >= 15 is 0 Å². The number of hydrogen-bond acceptors (Lipinski definition) is 5. The fraction of sp³-hybridized carbons (Fsp3) is 0.541. The summed E-state index contributed by atoms with van der Waals surface area (Å²) in [7, 11) is 0. The summed E-state index contributed by atoms with van der Waals surface area (Å²) in [5.74, 6) is 0.724. The van der Waals surface area contributed by atoms with Crippen LogP contribution in [0.5, 0.6) is 0 Å². The molecule has 1 atom stereocenters. The molecule has 244 valence electrons. The third-order valence-electron chi connectivity index (χ3n) is 10.0. The van der Waals surface area contributed by atoms with Crippen molar-refractivity contribution in [3.05, 3.63) is 75.7 Å². The van der Waals surface area contributed by atoms with E-state index in [1.54, 1.807) is 0 Å². The van der Waals surface area contributed by atoms with Crippen LogP contribution in [-0.2, 0) is 24.2 Å². The molecular weight excluding hydrogens is 574 g/mol. The number of nitrogens with zero attached hydrogens (tertiary/aromatic N) is 5. The monoisotopic (exact) mass is 623 g/mol. The van der Waals surface area contributed by atoms with Crippen molar-refractivity contribution in [1.29, 1.82) is 0 Å². The van der Waals surface area contributed by atoms with Crippen LogP contribution in [0.25, 0.3) is 22.5 Å². The molecule has 0 bridgehead atoms. The number of benzene rings is 2. The Bertz CT molecular complexity index is 1690. The normalized spacial score (nSPS) is 17.9. The Balaban J connectivity index is 1.38. The second kappa shape index (κ2) is 13.4. The number of carbonyl (C=O) groups excluding carboxylic acids is 1. The molecule has 1 aliphatic heterocycles. The summed E-state index contributed by atoms with van der Waals surface area (Å²) in [6.07, 6.45) is 11.6. The topological polar surface area (TPSA) is 110 Å². The number of rotatable bonds is 10. The summed E-state index contributed by atoms with van der Waals surface area (Å²) in [5.41, 5.74) is 5.46. The highest BCUT2D eigenvalue weighted by molar-refractivity contribution is 5.84. The van der Waals surface area contributed by atoms with E-state index in [2.05, 4.69) is 88.6 Å². The first kappa shape index (κ1) is 32.0. The van der Waals surface area contributed by atoms with Gasteiger partial charge in [-0.3, -0.25) is 14.3 Å². The summed E-state index contributed by atoms with van der Waals surface area (Å²) in [6.45, 7) is 9.13. The number of nitrogens with one attached hydrogen (secondary N) is 2. The summed E-state index contributed by atoms with van der Waals surface area (Å²) in [5, 5.41) is 18.0. The van der Waals surface area contributed by atoms with Crippen molar-refractivity contribution in [3.8, 4) is 22.5 Å². The fourth-order valence-corrected chi connectivity index (χ4v) is 7.85. The lowest BCUT2D eigenvalue weighted by molar-refractivity contribution is -0.139. The number of carbonyl (C=O) groups is 1. The predicted octanol–water partition coefficient (Wildman–Crippen LogP) is 7.02. The van der Waals surface area contributed by atoms with Gasteiger partial charge in [0.25, 0.3) is 5.56 Å². The SMILES string of the molecule is CCCCCc1c(Cc2ccc(-c3ccccc3-c3nn[nH]n3)cc2)c(=O)n2n1C(C1(C(=O)NC(C)(C)C)CCCCC1)CCC2. The molecule has 2 aromatic heterocycles. The number of tetrazole rings is 1. The highest BCUT2D eigenvalue weighted by Gasteiger charge is 2.50. The molecule has 0 spiro atoms. The Labute approximate surface area is 272 Å². The van der Waals surface area contributed by atoms with Crippen molar-refractivity contribution >= 4 is 5.91 Å². The molecule has 0 saturated heterocycles. The van der Waals surface area contributed by atoms with Crippen LogP contribution in [0.1, 0.15) is 115 Å². The van der Waals surface area contributed by atoms with E-state index in [0.717, 1.165) is 97.7 Å². The first-order chi connectivity index (χ1) is 22.2. The number of hydrogen-bond donors (Lipinski definition) is 2. The second-order valence-corrected chi connectivity index (χ2v) is 14.4. The zero-order valence-corrected chi connectivity index (χ0v) is 27.9. The van der Waals surface area contributed by atoms with Gasteiger partial charge in [0.05, 0.1) is 11.5 Å². The molecule has 1 amide bonds. The largest absolute Gasteiger partial charge is 0.351 e. The number of H-pyrrole nitrogens is 1. The second-order valence-electron chi connectivity index (χ2n) is 14.4. The van der Waals surface area contributed by atoms with Gasteiger partial charge in [-0.05, 0) is 81.2 Å². The number of aromatic nitrogens is 6. The molecule has 2 aromatic carbocycles. The van der Waals surface area contributed by atoms with Gasteiger partial charge in [-0.15, -0.1) is 10.2 Å². The first-order valence-corrected chi connectivity index (χ1v) is 17.3. The van der Waals surface area contributed by atoms with Crippen LogP contribution in [-0.4, -0.2) is 41.4 Å². The molecule has 2 aliphatic rings. The van der Waals surface area contributed by atoms with E-state index in [0.29, 0.717) is 18.8 Å². The molecule has 0 radical (unpaired) electrons. The lowest BCUT2D eigenvalue weighted by Gasteiger charge is -2.46. The predicted molar refractivity (Wildman–Crippen MR) is 181 cm³/mol. The Hall–Kier alpha value is -4.01. The van der Waals surface area contributed by atoms with Gasteiger partial charge in [-0.25, -0.2) is 4.68 Å². The van der Waals surface area contributed by atoms with Crippen LogP contribution >= 0.6 is 0 Å². The van der Waals surface area contributed by atoms with E-state index in [-0.39, 0.29) is 23.0 Å². The Morgan fingerprint density at radius 3 is 2.41 bits per heavy atom. The minimum Gasteiger partial charge on any atom is -0.351 e. The van der Waals surface area contributed by atoms with Crippen LogP contribution in [0.15, 0.2) is 53.3 Å². The summed E-state index contributed by atoms with van der Waals surface area (Å²) in [6, 6.07) is 16.6.